The molecule has 1 amide bonds. The van der Waals surface area contributed by atoms with Crippen LogP contribution in [-0.4, -0.2) is 19.6 Å². The van der Waals surface area contributed by atoms with Gasteiger partial charge in [-0.1, -0.05) is 18.2 Å². The molecule has 0 fully saturated rings. The highest BCUT2D eigenvalue weighted by Gasteiger charge is 2.07. The van der Waals surface area contributed by atoms with Crippen molar-refractivity contribution in [2.75, 3.05) is 13.7 Å². The molecule has 1 N–H and O–H groups in total. The third-order valence-corrected chi connectivity index (χ3v) is 3.63. The summed E-state index contributed by atoms with van der Waals surface area (Å²) in [6.07, 6.45) is 0. The van der Waals surface area contributed by atoms with E-state index in [1.54, 1.807) is 31.4 Å². The van der Waals surface area contributed by atoms with Gasteiger partial charge in [-0.25, -0.2) is 4.79 Å². The summed E-state index contributed by atoms with van der Waals surface area (Å²) in [5, 5.41) is 3.56. The molecule has 0 unspecified atom stereocenters. The van der Waals surface area contributed by atoms with E-state index in [0.29, 0.717) is 23.6 Å². The molecule has 0 aliphatic heterocycles. The lowest BCUT2D eigenvalue weighted by Crippen LogP contribution is -2.28. The van der Waals surface area contributed by atoms with Gasteiger partial charge < -0.3 is 19.2 Å². The molecular formula is C19H17NO5. The number of carbonyl (C=O) groups is 1. The Morgan fingerprint density at radius 2 is 1.92 bits per heavy atom. The number of rotatable bonds is 6. The highest BCUT2D eigenvalue weighted by atomic mass is 16.5. The fraction of sp³-hybridized carbons (Fsp3) is 0.158. The molecule has 6 heteroatoms. The van der Waals surface area contributed by atoms with Crippen molar-refractivity contribution in [3.05, 3.63) is 70.6 Å². The van der Waals surface area contributed by atoms with Crippen LogP contribution in [0.15, 0.2) is 63.8 Å². The molecule has 1 heterocycles. The zero-order valence-corrected chi connectivity index (χ0v) is 13.7. The first-order valence-electron chi connectivity index (χ1n) is 7.71. The minimum absolute atomic E-state index is 0.141. The van der Waals surface area contributed by atoms with Crippen LogP contribution in [0.3, 0.4) is 0 Å². The number of hydrogen-bond acceptors (Lipinski definition) is 5. The van der Waals surface area contributed by atoms with E-state index in [1.807, 2.05) is 24.3 Å². The fourth-order valence-corrected chi connectivity index (χ4v) is 2.37. The zero-order valence-electron chi connectivity index (χ0n) is 13.7. The third kappa shape index (κ3) is 4.17. The molecule has 6 nitrogen and oxygen atoms in total. The number of fused-ring (bicyclic) bond motifs is 1. The van der Waals surface area contributed by atoms with E-state index in [1.165, 1.54) is 6.07 Å². The first kappa shape index (κ1) is 16.6. The van der Waals surface area contributed by atoms with Gasteiger partial charge in [0.25, 0.3) is 5.91 Å². The number of hydrogen-bond donors (Lipinski definition) is 1. The number of benzene rings is 2. The minimum Gasteiger partial charge on any atom is -0.496 e. The molecule has 2 aromatic carbocycles. The topological polar surface area (TPSA) is 77.8 Å². The van der Waals surface area contributed by atoms with Crippen LogP contribution in [0.25, 0.3) is 11.0 Å². The van der Waals surface area contributed by atoms with Gasteiger partial charge in [-0.05, 0) is 24.3 Å². The lowest BCUT2D eigenvalue weighted by molar-refractivity contribution is -0.123. The molecule has 3 rings (SSSR count). The summed E-state index contributed by atoms with van der Waals surface area (Å²) in [4.78, 5) is 23.2. The standard InChI is InChI=1S/C19H17NO5/c1-23-16-5-3-2-4-14(16)11-20-18(21)12-24-15-8-6-13-7-9-19(22)25-17(13)10-15/h2-10H,11-12H2,1H3,(H,20,21). The number of carbonyl (C=O) groups excluding carboxylic acids is 1. The average Bonchev–Trinajstić information content (AvgIpc) is 2.64. The van der Waals surface area contributed by atoms with Crippen LogP contribution in [0.1, 0.15) is 5.56 Å². The first-order chi connectivity index (χ1) is 12.2. The van der Waals surface area contributed by atoms with E-state index in [0.717, 1.165) is 10.9 Å². The summed E-state index contributed by atoms with van der Waals surface area (Å²) in [7, 11) is 1.59. The number of ether oxygens (including phenoxy) is 2. The summed E-state index contributed by atoms with van der Waals surface area (Å²) >= 11 is 0. The Labute approximate surface area is 144 Å². The molecule has 0 bridgehead atoms. The van der Waals surface area contributed by atoms with Gasteiger partial charge >= 0.3 is 5.63 Å². The van der Waals surface area contributed by atoms with Crippen LogP contribution >= 0.6 is 0 Å². The first-order valence-corrected chi connectivity index (χ1v) is 7.71. The van der Waals surface area contributed by atoms with Crippen LogP contribution in [0.5, 0.6) is 11.5 Å². The minimum atomic E-state index is -0.431. The van der Waals surface area contributed by atoms with Gasteiger partial charge in [0.1, 0.15) is 17.1 Å². The number of nitrogens with one attached hydrogen (secondary N) is 1. The van der Waals surface area contributed by atoms with Crippen molar-refractivity contribution in [1.82, 2.24) is 5.32 Å². The van der Waals surface area contributed by atoms with Gasteiger partial charge in [0, 0.05) is 29.6 Å². The van der Waals surface area contributed by atoms with Crippen molar-refractivity contribution < 1.29 is 18.7 Å². The Hall–Kier alpha value is -3.28. The molecule has 0 spiro atoms. The van der Waals surface area contributed by atoms with Crippen molar-refractivity contribution in [1.29, 1.82) is 0 Å². The Kier molecular flexibility index (Phi) is 4.99. The maximum Gasteiger partial charge on any atom is 0.336 e. The quantitative estimate of drug-likeness (QED) is 0.698. The fourth-order valence-electron chi connectivity index (χ4n) is 2.37. The summed E-state index contributed by atoms with van der Waals surface area (Å²) in [5.41, 5.74) is 0.865. The average molecular weight is 339 g/mol. The molecule has 0 saturated carbocycles. The maximum atomic E-state index is 12.0. The molecule has 128 valence electrons. The molecule has 0 atom stereocenters. The van der Waals surface area contributed by atoms with Crippen molar-refractivity contribution in [2.24, 2.45) is 0 Å². The van der Waals surface area contributed by atoms with Gasteiger partial charge in [-0.15, -0.1) is 0 Å². The lowest BCUT2D eigenvalue weighted by Gasteiger charge is -2.10. The molecule has 0 aliphatic rings. The van der Waals surface area contributed by atoms with Crippen molar-refractivity contribution >= 4 is 16.9 Å². The second-order valence-electron chi connectivity index (χ2n) is 5.33. The third-order valence-electron chi connectivity index (χ3n) is 3.63. The van der Waals surface area contributed by atoms with Crippen molar-refractivity contribution in [2.45, 2.75) is 6.54 Å². The zero-order chi connectivity index (χ0) is 17.6. The van der Waals surface area contributed by atoms with Gasteiger partial charge in [0.15, 0.2) is 6.61 Å². The van der Waals surface area contributed by atoms with Crippen LogP contribution in [-0.2, 0) is 11.3 Å². The van der Waals surface area contributed by atoms with Crippen LogP contribution in [0, 0.1) is 0 Å². The van der Waals surface area contributed by atoms with Crippen molar-refractivity contribution in [3.63, 3.8) is 0 Å². The van der Waals surface area contributed by atoms with Crippen LogP contribution in [0.4, 0.5) is 0 Å². The predicted octanol–water partition coefficient (Wildman–Crippen LogP) is 2.50. The molecule has 25 heavy (non-hydrogen) atoms. The van der Waals surface area contributed by atoms with Gasteiger partial charge in [-0.3, -0.25) is 4.79 Å². The Morgan fingerprint density at radius 3 is 2.76 bits per heavy atom. The van der Waals surface area contributed by atoms with Crippen molar-refractivity contribution in [3.8, 4) is 11.5 Å². The van der Waals surface area contributed by atoms with E-state index in [9.17, 15) is 9.59 Å². The summed E-state index contributed by atoms with van der Waals surface area (Å²) in [5.74, 6) is 0.906. The molecule has 0 saturated heterocycles. The van der Waals surface area contributed by atoms with E-state index >= 15 is 0 Å². The van der Waals surface area contributed by atoms with Gasteiger partial charge in [-0.2, -0.15) is 0 Å². The smallest absolute Gasteiger partial charge is 0.336 e. The predicted molar refractivity (Wildman–Crippen MR) is 92.8 cm³/mol. The summed E-state index contributed by atoms with van der Waals surface area (Å²) < 4.78 is 15.8. The Bertz CT molecular complexity index is 948. The Balaban J connectivity index is 1.58. The van der Waals surface area contributed by atoms with Crippen LogP contribution < -0.4 is 20.4 Å². The Morgan fingerprint density at radius 1 is 1.12 bits per heavy atom. The van der Waals surface area contributed by atoms with E-state index in [-0.39, 0.29) is 12.5 Å². The van der Waals surface area contributed by atoms with Gasteiger partial charge in [0.05, 0.1) is 7.11 Å². The summed E-state index contributed by atoms with van der Waals surface area (Å²) in [6, 6.07) is 15.6. The SMILES string of the molecule is COc1ccccc1CNC(=O)COc1ccc2ccc(=O)oc2c1. The highest BCUT2D eigenvalue weighted by Crippen LogP contribution is 2.19. The molecular weight excluding hydrogens is 322 g/mol. The summed E-state index contributed by atoms with van der Waals surface area (Å²) in [6.45, 7) is 0.205. The van der Waals surface area contributed by atoms with E-state index < -0.39 is 5.63 Å². The molecule has 0 radical (unpaired) electrons. The number of para-hydroxylation sites is 1. The van der Waals surface area contributed by atoms with E-state index in [2.05, 4.69) is 5.32 Å². The highest BCUT2D eigenvalue weighted by molar-refractivity contribution is 5.79. The number of methoxy groups -OCH3 is 1. The normalized spacial score (nSPS) is 10.4. The molecule has 0 aliphatic carbocycles. The van der Waals surface area contributed by atoms with Crippen LogP contribution in [0.2, 0.25) is 0 Å². The maximum absolute atomic E-state index is 12.0. The molecule has 1 aromatic heterocycles. The monoisotopic (exact) mass is 339 g/mol. The lowest BCUT2D eigenvalue weighted by atomic mass is 10.2. The second kappa shape index (κ2) is 7.53. The number of amides is 1. The van der Waals surface area contributed by atoms with Gasteiger partial charge in [0.2, 0.25) is 0 Å². The van der Waals surface area contributed by atoms with E-state index in [4.69, 9.17) is 13.9 Å². The molecule has 3 aromatic rings. The largest absolute Gasteiger partial charge is 0.496 e. The second-order valence-corrected chi connectivity index (χ2v) is 5.33.